The Morgan fingerprint density at radius 3 is 2.26 bits per heavy atom. The van der Waals surface area contributed by atoms with Crippen LogP contribution in [0.25, 0.3) is 0 Å². The van der Waals surface area contributed by atoms with Gasteiger partial charge in [-0.1, -0.05) is 0 Å². The predicted octanol–water partition coefficient (Wildman–Crippen LogP) is 3.37. The molecule has 1 N–H and O–H groups in total. The number of carbonyl (C=O) groups excluding carboxylic acids is 2. The van der Waals surface area contributed by atoms with Gasteiger partial charge in [0, 0.05) is 37.7 Å². The van der Waals surface area contributed by atoms with E-state index in [9.17, 15) is 18.4 Å². The van der Waals surface area contributed by atoms with Gasteiger partial charge in [-0.25, -0.2) is 8.78 Å². The number of nitrogens with zero attached hydrogens (tertiary/aromatic N) is 3. The number of alkyl halides is 2. The minimum absolute atomic E-state index is 0.0293. The van der Waals surface area contributed by atoms with Crippen molar-refractivity contribution >= 4 is 29.4 Å². The van der Waals surface area contributed by atoms with Crippen LogP contribution in [0.15, 0.2) is 29.3 Å². The first kappa shape index (κ1) is 25.2. The third-order valence-corrected chi connectivity index (χ3v) is 7.57. The van der Waals surface area contributed by atoms with E-state index in [1.807, 2.05) is 0 Å². The average molecular weight is 543 g/mol. The molecule has 0 saturated carbocycles. The minimum atomic E-state index is -1.08. The molecule has 4 heterocycles. The molecule has 2 saturated heterocycles. The number of rotatable bonds is 6. The van der Waals surface area contributed by atoms with Crippen LogP contribution in [0.1, 0.15) is 33.6 Å². The number of aliphatic imine (C=N–C) groups is 1. The van der Waals surface area contributed by atoms with Crippen LogP contribution in [-0.2, 0) is 0 Å². The number of hydrogen-bond acceptors (Lipinski definition) is 8. The van der Waals surface area contributed by atoms with Crippen LogP contribution < -0.4 is 24.3 Å². The summed E-state index contributed by atoms with van der Waals surface area (Å²) in [5, 5.41) is 3.23. The number of fused-ring (bicyclic) bond motifs is 4. The Balaban J connectivity index is 1.21. The van der Waals surface area contributed by atoms with E-state index in [0.29, 0.717) is 58.5 Å². The van der Waals surface area contributed by atoms with Gasteiger partial charge in [0.1, 0.15) is 12.3 Å². The van der Waals surface area contributed by atoms with Gasteiger partial charge in [-0.2, -0.15) is 0 Å². The van der Waals surface area contributed by atoms with Crippen LogP contribution in [0.4, 0.5) is 20.2 Å². The van der Waals surface area contributed by atoms with Crippen molar-refractivity contribution < 1.29 is 37.3 Å². The smallest absolute Gasteiger partial charge is 0.256 e. The van der Waals surface area contributed by atoms with Gasteiger partial charge >= 0.3 is 0 Å². The van der Waals surface area contributed by atoms with Gasteiger partial charge in [0.05, 0.1) is 61.9 Å². The topological polar surface area (TPSA) is 102 Å². The number of ether oxygens (including phenoxy) is 4. The number of benzene rings is 2. The van der Waals surface area contributed by atoms with Gasteiger partial charge < -0.3 is 34.1 Å². The predicted molar refractivity (Wildman–Crippen MR) is 137 cm³/mol. The summed E-state index contributed by atoms with van der Waals surface area (Å²) in [5.74, 6) is 0.683. The van der Waals surface area contributed by atoms with Gasteiger partial charge in [0.2, 0.25) is 6.79 Å². The zero-order valence-corrected chi connectivity index (χ0v) is 21.5. The summed E-state index contributed by atoms with van der Waals surface area (Å²) in [5.41, 5.74) is 1.64. The zero-order chi connectivity index (χ0) is 27.3. The molecule has 206 valence electrons. The van der Waals surface area contributed by atoms with Crippen molar-refractivity contribution in [3.05, 3.63) is 35.4 Å². The maximum absolute atomic E-state index is 13.9. The molecule has 4 aliphatic rings. The number of nitrogens with one attached hydrogen (secondary N) is 1. The Hall–Kier alpha value is -4.09. The second kappa shape index (κ2) is 9.90. The first-order valence-corrected chi connectivity index (χ1v) is 12.7. The van der Waals surface area contributed by atoms with Gasteiger partial charge in [0.25, 0.3) is 11.8 Å². The highest BCUT2D eigenvalue weighted by atomic mass is 19.1. The molecule has 0 spiro atoms. The van der Waals surface area contributed by atoms with E-state index in [-0.39, 0.29) is 44.2 Å². The lowest BCUT2D eigenvalue weighted by atomic mass is 10.1. The molecule has 2 aromatic rings. The Labute approximate surface area is 223 Å². The third-order valence-electron chi connectivity index (χ3n) is 7.57. The van der Waals surface area contributed by atoms with E-state index < -0.39 is 18.4 Å². The standard InChI is InChI=1S/C27H28F2N4O6/c1-36-22-5-18-20(30-9-16-3-14(28)11-32(16)26(18)34)7-24(22)38-13-39-25-8-21-19(6-23(25)37-2)27(35)33-12-15(29)4-17(33)10-31-21/h5-9,14-17,31H,3-4,10-13H2,1-2H3/t14-,15-,16-,17-/m0/s1. The molecule has 0 bridgehead atoms. The average Bonchev–Trinajstić information content (AvgIpc) is 3.44. The largest absolute Gasteiger partial charge is 0.493 e. The molecule has 12 heteroatoms. The monoisotopic (exact) mass is 542 g/mol. The van der Waals surface area contributed by atoms with Crippen molar-refractivity contribution in [2.24, 2.45) is 4.99 Å². The molecule has 4 aliphatic heterocycles. The van der Waals surface area contributed by atoms with E-state index in [1.165, 1.54) is 25.2 Å². The quantitative estimate of drug-likeness (QED) is 0.559. The Morgan fingerprint density at radius 2 is 1.51 bits per heavy atom. The first-order valence-electron chi connectivity index (χ1n) is 12.7. The molecule has 0 aromatic heterocycles. The Kier molecular flexibility index (Phi) is 6.40. The molecule has 6 rings (SSSR count). The number of amides is 2. The van der Waals surface area contributed by atoms with Crippen molar-refractivity contribution in [1.29, 1.82) is 0 Å². The lowest BCUT2D eigenvalue weighted by Crippen LogP contribution is -2.37. The molecule has 0 unspecified atom stereocenters. The molecule has 0 aliphatic carbocycles. The highest BCUT2D eigenvalue weighted by Gasteiger charge is 2.39. The van der Waals surface area contributed by atoms with Crippen molar-refractivity contribution in [2.45, 2.75) is 37.3 Å². The minimum Gasteiger partial charge on any atom is -0.493 e. The van der Waals surface area contributed by atoms with Crippen molar-refractivity contribution in [3.63, 3.8) is 0 Å². The molecule has 10 nitrogen and oxygen atoms in total. The second-order valence-electron chi connectivity index (χ2n) is 9.94. The summed E-state index contributed by atoms with van der Waals surface area (Å²) in [6, 6.07) is 5.74. The van der Waals surface area contributed by atoms with Crippen LogP contribution in [-0.4, -0.2) is 92.9 Å². The van der Waals surface area contributed by atoms with Crippen molar-refractivity contribution in [3.8, 4) is 23.0 Å². The lowest BCUT2D eigenvalue weighted by Gasteiger charge is -2.21. The Morgan fingerprint density at radius 1 is 0.872 bits per heavy atom. The molecule has 2 fully saturated rings. The SMILES string of the molecule is COc1cc2c(cc1OCOc1cc3c(cc1OC)C(=O)N1C[C@@H](F)C[C@H]1CN3)N=C[C@@H]1C[C@H](F)CN1C2=O. The fraction of sp³-hybridized carbons (Fsp3) is 0.444. The van der Waals surface area contributed by atoms with Gasteiger partial charge in [-0.15, -0.1) is 0 Å². The van der Waals surface area contributed by atoms with E-state index in [1.54, 1.807) is 29.3 Å². The number of carbonyl (C=O) groups is 2. The highest BCUT2D eigenvalue weighted by Crippen LogP contribution is 2.40. The van der Waals surface area contributed by atoms with Crippen LogP contribution in [0.3, 0.4) is 0 Å². The van der Waals surface area contributed by atoms with Gasteiger partial charge in [-0.3, -0.25) is 14.6 Å². The molecule has 0 radical (unpaired) electrons. The molecule has 2 aromatic carbocycles. The zero-order valence-electron chi connectivity index (χ0n) is 21.5. The maximum atomic E-state index is 13.9. The van der Waals surface area contributed by atoms with Crippen LogP contribution in [0.5, 0.6) is 23.0 Å². The summed E-state index contributed by atoms with van der Waals surface area (Å²) >= 11 is 0. The number of methoxy groups -OCH3 is 2. The maximum Gasteiger partial charge on any atom is 0.256 e. The Bertz CT molecular complexity index is 1350. The van der Waals surface area contributed by atoms with E-state index in [2.05, 4.69) is 10.3 Å². The molecular weight excluding hydrogens is 514 g/mol. The summed E-state index contributed by atoms with van der Waals surface area (Å²) in [7, 11) is 2.91. The van der Waals surface area contributed by atoms with E-state index in [4.69, 9.17) is 18.9 Å². The molecule has 39 heavy (non-hydrogen) atoms. The second-order valence-corrected chi connectivity index (χ2v) is 9.94. The number of halogens is 2. The fourth-order valence-electron chi connectivity index (χ4n) is 5.60. The van der Waals surface area contributed by atoms with Crippen LogP contribution >= 0.6 is 0 Å². The van der Waals surface area contributed by atoms with Crippen LogP contribution in [0, 0.1) is 0 Å². The van der Waals surface area contributed by atoms with Crippen molar-refractivity contribution in [1.82, 2.24) is 9.80 Å². The third kappa shape index (κ3) is 4.47. The summed E-state index contributed by atoms with van der Waals surface area (Å²) < 4.78 is 50.4. The fourth-order valence-corrected chi connectivity index (χ4v) is 5.60. The van der Waals surface area contributed by atoms with Gasteiger partial charge in [-0.05, 0) is 12.1 Å². The number of hydrogen-bond donors (Lipinski definition) is 1. The summed E-state index contributed by atoms with van der Waals surface area (Å²) in [6.45, 7) is 0.289. The molecule has 4 atom stereocenters. The van der Waals surface area contributed by atoms with Crippen molar-refractivity contribution in [2.75, 3.05) is 46.0 Å². The molecule has 2 amide bonds. The summed E-state index contributed by atoms with van der Waals surface area (Å²) in [6.07, 6.45) is -0.00291. The lowest BCUT2D eigenvalue weighted by molar-refractivity contribution is 0.0740. The van der Waals surface area contributed by atoms with E-state index in [0.717, 1.165) is 0 Å². The normalized spacial score (nSPS) is 25.1. The van der Waals surface area contributed by atoms with Crippen LogP contribution in [0.2, 0.25) is 0 Å². The highest BCUT2D eigenvalue weighted by molar-refractivity contribution is 6.04. The van der Waals surface area contributed by atoms with E-state index >= 15 is 0 Å². The summed E-state index contributed by atoms with van der Waals surface area (Å²) in [4.78, 5) is 33.6. The first-order chi connectivity index (χ1) is 18.9. The van der Waals surface area contributed by atoms with Gasteiger partial charge in [0.15, 0.2) is 23.0 Å². The number of anilines is 1. The molecular formula is C27H28F2N4O6.